The number of fused-ring (bicyclic) bond motifs is 1. The third kappa shape index (κ3) is 2.48. The number of rotatable bonds is 3. The van der Waals surface area contributed by atoms with Crippen LogP contribution in [0.25, 0.3) is 0 Å². The molecule has 1 heterocycles. The van der Waals surface area contributed by atoms with Gasteiger partial charge in [0.15, 0.2) is 0 Å². The van der Waals surface area contributed by atoms with Crippen LogP contribution in [0, 0.1) is 0 Å². The van der Waals surface area contributed by atoms with Crippen LogP contribution < -0.4 is 0 Å². The summed E-state index contributed by atoms with van der Waals surface area (Å²) in [5.41, 5.74) is 0. The van der Waals surface area contributed by atoms with Crippen molar-refractivity contribution < 1.29 is 0 Å². The Morgan fingerprint density at radius 3 is 2.36 bits per heavy atom. The largest absolute Gasteiger partial charge is 0.185 e. The van der Waals surface area contributed by atoms with E-state index in [0.29, 0.717) is 4.83 Å². The average molecular weight is 290 g/mol. The molecule has 0 radical (unpaired) electrons. The van der Waals surface area contributed by atoms with E-state index in [-0.39, 0.29) is 0 Å². The smallest absolute Gasteiger partial charge is 0.0388 e. The van der Waals surface area contributed by atoms with Gasteiger partial charge in [-0.15, -0.1) is 0 Å². The maximum absolute atomic E-state index is 3.66. The first-order chi connectivity index (χ1) is 6.79. The summed E-state index contributed by atoms with van der Waals surface area (Å²) in [5.74, 6) is 0. The van der Waals surface area contributed by atoms with Gasteiger partial charge in [-0.3, -0.25) is 0 Å². The molecule has 0 fully saturated rings. The summed E-state index contributed by atoms with van der Waals surface area (Å²) < 4.78 is 2.34. The standard InChI is InChI=1S/C10H12BrNS2/c1-2-8(11)7-12-13-9-5-3-4-6-10(9)14-12/h3-6,8H,2,7H2,1H3. The maximum atomic E-state index is 3.66. The molecule has 0 aliphatic carbocycles. The molecule has 1 aliphatic rings. The normalized spacial score (nSPS) is 18.1. The highest BCUT2D eigenvalue weighted by Crippen LogP contribution is 2.46. The zero-order chi connectivity index (χ0) is 9.97. The zero-order valence-electron chi connectivity index (χ0n) is 7.94. The second-order valence-corrected chi connectivity index (χ2v) is 6.80. The molecule has 0 aromatic heterocycles. The van der Waals surface area contributed by atoms with Gasteiger partial charge < -0.3 is 0 Å². The molecular weight excluding hydrogens is 278 g/mol. The van der Waals surface area contributed by atoms with Crippen molar-refractivity contribution in [3.63, 3.8) is 0 Å². The third-order valence-corrected chi connectivity index (χ3v) is 5.36. The first-order valence-electron chi connectivity index (χ1n) is 4.66. The minimum atomic E-state index is 0.594. The fourth-order valence-corrected chi connectivity index (χ4v) is 4.27. The number of nitrogens with zero attached hydrogens (tertiary/aromatic N) is 1. The lowest BCUT2D eigenvalue weighted by Gasteiger charge is -2.14. The Bertz CT molecular complexity index is 294. The van der Waals surface area contributed by atoms with E-state index in [1.165, 1.54) is 16.2 Å². The molecule has 14 heavy (non-hydrogen) atoms. The predicted molar refractivity (Wildman–Crippen MR) is 67.9 cm³/mol. The van der Waals surface area contributed by atoms with Gasteiger partial charge in [0, 0.05) is 21.2 Å². The lowest BCUT2D eigenvalue weighted by molar-refractivity contribution is 0.688. The Morgan fingerprint density at radius 1 is 1.29 bits per heavy atom. The molecule has 1 aromatic carbocycles. The van der Waals surface area contributed by atoms with Gasteiger partial charge in [-0.05, 0) is 42.4 Å². The molecule has 76 valence electrons. The number of hydrogen-bond donors (Lipinski definition) is 0. The Balaban J connectivity index is 1.98. The highest BCUT2D eigenvalue weighted by molar-refractivity contribution is 9.09. The molecule has 1 aromatic rings. The molecule has 0 saturated heterocycles. The van der Waals surface area contributed by atoms with Gasteiger partial charge in [0.25, 0.3) is 0 Å². The number of benzene rings is 1. The molecule has 4 heteroatoms. The average Bonchev–Trinajstić information content (AvgIpc) is 2.59. The molecule has 1 atom stereocenters. The topological polar surface area (TPSA) is 3.24 Å². The third-order valence-electron chi connectivity index (χ3n) is 2.04. The second kappa shape index (κ2) is 4.92. The summed E-state index contributed by atoms with van der Waals surface area (Å²) in [6.07, 6.45) is 1.17. The molecule has 2 rings (SSSR count). The van der Waals surface area contributed by atoms with Crippen LogP contribution in [0.1, 0.15) is 13.3 Å². The van der Waals surface area contributed by atoms with Crippen molar-refractivity contribution >= 4 is 39.8 Å². The van der Waals surface area contributed by atoms with Crippen LogP contribution in [0.2, 0.25) is 0 Å². The van der Waals surface area contributed by atoms with Crippen LogP contribution in [0.5, 0.6) is 0 Å². The lowest BCUT2D eigenvalue weighted by atomic mass is 10.3. The van der Waals surface area contributed by atoms with Gasteiger partial charge in [0.1, 0.15) is 0 Å². The van der Waals surface area contributed by atoms with Crippen LogP contribution in [-0.4, -0.2) is 15.1 Å². The van der Waals surface area contributed by atoms with E-state index in [2.05, 4.69) is 50.8 Å². The summed E-state index contributed by atoms with van der Waals surface area (Å²) in [5, 5.41) is 0. The summed E-state index contributed by atoms with van der Waals surface area (Å²) in [6.45, 7) is 3.29. The van der Waals surface area contributed by atoms with Crippen LogP contribution in [-0.2, 0) is 0 Å². The van der Waals surface area contributed by atoms with E-state index in [4.69, 9.17) is 0 Å². The number of hydrogen-bond acceptors (Lipinski definition) is 3. The van der Waals surface area contributed by atoms with Crippen molar-refractivity contribution in [2.75, 3.05) is 6.54 Å². The van der Waals surface area contributed by atoms with E-state index in [1.807, 2.05) is 23.9 Å². The number of halogens is 1. The van der Waals surface area contributed by atoms with E-state index in [9.17, 15) is 0 Å². The highest BCUT2D eigenvalue weighted by Gasteiger charge is 2.22. The molecule has 0 spiro atoms. The fraction of sp³-hybridized carbons (Fsp3) is 0.400. The zero-order valence-corrected chi connectivity index (χ0v) is 11.2. The Kier molecular flexibility index (Phi) is 3.82. The van der Waals surface area contributed by atoms with Crippen LogP contribution in [0.15, 0.2) is 34.1 Å². The molecule has 1 nitrogen and oxygen atoms in total. The number of alkyl halides is 1. The predicted octanol–water partition coefficient (Wildman–Crippen LogP) is 4.19. The minimum Gasteiger partial charge on any atom is -0.185 e. The van der Waals surface area contributed by atoms with Crippen LogP contribution >= 0.6 is 39.8 Å². The molecule has 1 unspecified atom stereocenters. The van der Waals surface area contributed by atoms with Crippen molar-refractivity contribution in [3.05, 3.63) is 24.3 Å². The molecule has 1 aliphatic heterocycles. The van der Waals surface area contributed by atoms with Gasteiger partial charge in [-0.25, -0.2) is 0 Å². The molecule has 0 N–H and O–H groups in total. The Hall–Kier alpha value is 0.360. The fourth-order valence-electron chi connectivity index (χ4n) is 1.20. The van der Waals surface area contributed by atoms with Crippen molar-refractivity contribution in [2.24, 2.45) is 0 Å². The summed E-state index contributed by atoms with van der Waals surface area (Å²) in [7, 11) is 0. The van der Waals surface area contributed by atoms with Gasteiger partial charge in [0.05, 0.1) is 0 Å². The Morgan fingerprint density at radius 2 is 1.86 bits per heavy atom. The summed E-state index contributed by atoms with van der Waals surface area (Å²) in [4.78, 5) is 3.36. The van der Waals surface area contributed by atoms with Crippen LogP contribution in [0.3, 0.4) is 0 Å². The van der Waals surface area contributed by atoms with Gasteiger partial charge in [-0.2, -0.15) is 3.71 Å². The van der Waals surface area contributed by atoms with Crippen molar-refractivity contribution in [3.8, 4) is 0 Å². The van der Waals surface area contributed by atoms with Gasteiger partial charge >= 0.3 is 0 Å². The van der Waals surface area contributed by atoms with E-state index < -0.39 is 0 Å². The summed E-state index contributed by atoms with van der Waals surface area (Å²) >= 11 is 7.36. The van der Waals surface area contributed by atoms with Gasteiger partial charge in [0.2, 0.25) is 0 Å². The first kappa shape index (κ1) is 10.9. The van der Waals surface area contributed by atoms with Crippen LogP contribution in [0.4, 0.5) is 0 Å². The monoisotopic (exact) mass is 289 g/mol. The van der Waals surface area contributed by atoms with E-state index >= 15 is 0 Å². The lowest BCUT2D eigenvalue weighted by Crippen LogP contribution is -2.14. The molecule has 0 amide bonds. The summed E-state index contributed by atoms with van der Waals surface area (Å²) in [6, 6.07) is 8.56. The Labute approximate surface area is 102 Å². The molecule has 0 bridgehead atoms. The molecular formula is C10H12BrNS2. The maximum Gasteiger partial charge on any atom is 0.0388 e. The van der Waals surface area contributed by atoms with Gasteiger partial charge in [-0.1, -0.05) is 35.0 Å². The minimum absolute atomic E-state index is 0.594. The van der Waals surface area contributed by atoms with Crippen molar-refractivity contribution in [1.82, 2.24) is 3.71 Å². The quantitative estimate of drug-likeness (QED) is 0.607. The van der Waals surface area contributed by atoms with E-state index in [0.717, 1.165) is 6.54 Å². The van der Waals surface area contributed by atoms with E-state index in [1.54, 1.807) is 0 Å². The van der Waals surface area contributed by atoms with Crippen molar-refractivity contribution in [2.45, 2.75) is 28.0 Å². The molecule has 0 saturated carbocycles. The SMILES string of the molecule is CCC(Br)CN1Sc2ccccc2S1. The second-order valence-electron chi connectivity index (χ2n) is 3.15. The highest BCUT2D eigenvalue weighted by atomic mass is 79.9. The first-order valence-corrected chi connectivity index (χ1v) is 7.12. The van der Waals surface area contributed by atoms with Crippen molar-refractivity contribution in [1.29, 1.82) is 0 Å².